The highest BCUT2D eigenvalue weighted by molar-refractivity contribution is 8.00. The summed E-state index contributed by atoms with van der Waals surface area (Å²) in [5.74, 6) is -0.574. The molecule has 2 heterocycles. The van der Waals surface area contributed by atoms with Crippen LogP contribution in [0.4, 0.5) is 0 Å². The standard InChI is InChI=1S/C21H23N3O4S/c1-20(13-22,14-7-8-14)23-17(25)11-28-19(27)16-12-29-21(10-9-18(26)24(16)21)15-5-3-2-4-6-15/h2-6,14,16H,7-12H2,1H3,(H,23,25)/t16-,20-,21-/m1/s1. The molecular formula is C21H23N3O4S. The first-order valence-corrected chi connectivity index (χ1v) is 10.8. The maximum Gasteiger partial charge on any atom is 0.330 e. The molecule has 0 radical (unpaired) electrons. The number of nitriles is 1. The molecule has 2 amide bonds. The van der Waals surface area contributed by atoms with Gasteiger partial charge < -0.3 is 15.0 Å². The maximum absolute atomic E-state index is 12.7. The second kappa shape index (κ2) is 7.38. The predicted octanol–water partition coefficient (Wildman–Crippen LogP) is 1.93. The van der Waals surface area contributed by atoms with Crippen molar-refractivity contribution in [2.45, 2.75) is 49.1 Å². The number of thioether (sulfide) groups is 1. The van der Waals surface area contributed by atoms with Gasteiger partial charge in [0.25, 0.3) is 5.91 Å². The number of rotatable bonds is 6. The number of hydrogen-bond acceptors (Lipinski definition) is 6. The molecule has 3 atom stereocenters. The number of carbonyl (C=O) groups excluding carboxylic acids is 3. The van der Waals surface area contributed by atoms with Crippen LogP contribution < -0.4 is 5.32 Å². The van der Waals surface area contributed by atoms with Crippen LogP contribution in [-0.4, -0.2) is 46.6 Å². The molecule has 3 fully saturated rings. The van der Waals surface area contributed by atoms with Gasteiger partial charge in [0.2, 0.25) is 5.91 Å². The fraction of sp³-hybridized carbons (Fsp3) is 0.524. The monoisotopic (exact) mass is 413 g/mol. The molecule has 1 aromatic carbocycles. The summed E-state index contributed by atoms with van der Waals surface area (Å²) in [7, 11) is 0. The number of ether oxygens (including phenoxy) is 1. The van der Waals surface area contributed by atoms with Crippen LogP contribution in [0.3, 0.4) is 0 Å². The highest BCUT2D eigenvalue weighted by Crippen LogP contribution is 2.54. The van der Waals surface area contributed by atoms with Crippen LogP contribution in [-0.2, 0) is 24.0 Å². The Labute approximate surface area is 173 Å². The summed E-state index contributed by atoms with van der Waals surface area (Å²) in [5, 5.41) is 12.0. The molecule has 0 spiro atoms. The smallest absolute Gasteiger partial charge is 0.330 e. The van der Waals surface area contributed by atoms with Crippen LogP contribution in [0.5, 0.6) is 0 Å². The number of nitrogens with one attached hydrogen (secondary N) is 1. The molecule has 8 heteroatoms. The maximum atomic E-state index is 12.7. The SMILES string of the molecule is C[C@](C#N)(NC(=O)COC(=O)[C@H]1CS[C@@]2(c3ccccc3)CCC(=O)N12)C1CC1. The number of fused-ring (bicyclic) bond motifs is 1. The van der Waals surface area contributed by atoms with Crippen LogP contribution in [0.2, 0.25) is 0 Å². The molecule has 0 unspecified atom stereocenters. The Morgan fingerprint density at radius 1 is 1.38 bits per heavy atom. The van der Waals surface area contributed by atoms with Crippen molar-refractivity contribution in [2.24, 2.45) is 5.92 Å². The van der Waals surface area contributed by atoms with E-state index in [1.54, 1.807) is 23.6 Å². The van der Waals surface area contributed by atoms with E-state index in [-0.39, 0.29) is 11.8 Å². The van der Waals surface area contributed by atoms with Gasteiger partial charge in [0, 0.05) is 12.2 Å². The lowest BCUT2D eigenvalue weighted by Crippen LogP contribution is -2.50. The average molecular weight is 413 g/mol. The molecule has 29 heavy (non-hydrogen) atoms. The van der Waals surface area contributed by atoms with Gasteiger partial charge in [0.1, 0.15) is 16.5 Å². The Morgan fingerprint density at radius 3 is 2.76 bits per heavy atom. The van der Waals surface area contributed by atoms with Crippen LogP contribution in [0.25, 0.3) is 0 Å². The minimum Gasteiger partial charge on any atom is -0.454 e. The summed E-state index contributed by atoms with van der Waals surface area (Å²) < 4.78 is 5.25. The largest absolute Gasteiger partial charge is 0.454 e. The lowest BCUT2D eigenvalue weighted by atomic mass is 9.98. The number of carbonyl (C=O) groups is 3. The fourth-order valence-electron chi connectivity index (χ4n) is 4.26. The van der Waals surface area contributed by atoms with Gasteiger partial charge in [-0.25, -0.2) is 4.79 Å². The Morgan fingerprint density at radius 2 is 2.10 bits per heavy atom. The fourth-order valence-corrected chi connectivity index (χ4v) is 5.89. The molecule has 1 saturated carbocycles. The molecule has 7 nitrogen and oxygen atoms in total. The zero-order valence-corrected chi connectivity index (χ0v) is 17.0. The van der Waals surface area contributed by atoms with Crippen molar-refractivity contribution in [3.05, 3.63) is 35.9 Å². The van der Waals surface area contributed by atoms with Crippen LogP contribution >= 0.6 is 11.8 Å². The zero-order chi connectivity index (χ0) is 20.6. The van der Waals surface area contributed by atoms with Crippen molar-refractivity contribution in [3.8, 4) is 6.07 Å². The van der Waals surface area contributed by atoms with Gasteiger partial charge >= 0.3 is 5.97 Å². The van der Waals surface area contributed by atoms with Gasteiger partial charge in [-0.3, -0.25) is 9.59 Å². The average Bonchev–Trinajstić information content (AvgIpc) is 3.44. The first kappa shape index (κ1) is 19.8. The highest BCUT2D eigenvalue weighted by atomic mass is 32.2. The molecule has 4 rings (SSSR count). The van der Waals surface area contributed by atoms with E-state index >= 15 is 0 Å². The Kier molecular flexibility index (Phi) is 5.03. The van der Waals surface area contributed by atoms with E-state index < -0.39 is 34.9 Å². The van der Waals surface area contributed by atoms with E-state index in [2.05, 4.69) is 11.4 Å². The van der Waals surface area contributed by atoms with Crippen LogP contribution in [0, 0.1) is 17.2 Å². The van der Waals surface area contributed by atoms with Crippen LogP contribution in [0.15, 0.2) is 30.3 Å². The number of nitrogens with zero attached hydrogens (tertiary/aromatic N) is 2. The van der Waals surface area contributed by atoms with Gasteiger partial charge in [0.05, 0.1) is 6.07 Å². The van der Waals surface area contributed by atoms with Crippen molar-refractivity contribution >= 4 is 29.5 Å². The van der Waals surface area contributed by atoms with E-state index in [9.17, 15) is 19.6 Å². The Balaban J connectivity index is 1.41. The van der Waals surface area contributed by atoms with Crippen molar-refractivity contribution in [3.63, 3.8) is 0 Å². The first-order chi connectivity index (χ1) is 13.9. The first-order valence-electron chi connectivity index (χ1n) is 9.80. The highest BCUT2D eigenvalue weighted by Gasteiger charge is 2.57. The molecular weight excluding hydrogens is 390 g/mol. The Hall–Kier alpha value is -2.53. The van der Waals surface area contributed by atoms with Crippen molar-refractivity contribution in [2.75, 3.05) is 12.4 Å². The van der Waals surface area contributed by atoms with E-state index in [0.29, 0.717) is 18.6 Å². The molecule has 2 saturated heterocycles. The van der Waals surface area contributed by atoms with E-state index in [1.165, 1.54) is 0 Å². The van der Waals surface area contributed by atoms with Gasteiger partial charge in [0.15, 0.2) is 6.61 Å². The molecule has 3 aliphatic rings. The van der Waals surface area contributed by atoms with Crippen molar-refractivity contribution in [1.82, 2.24) is 10.2 Å². The predicted molar refractivity (Wildman–Crippen MR) is 106 cm³/mol. The molecule has 152 valence electrons. The van der Waals surface area contributed by atoms with Crippen LogP contribution in [0.1, 0.15) is 38.2 Å². The third-order valence-electron chi connectivity index (χ3n) is 5.99. The lowest BCUT2D eigenvalue weighted by molar-refractivity contribution is -0.156. The molecule has 1 aromatic rings. The number of hydrogen-bond donors (Lipinski definition) is 1. The van der Waals surface area contributed by atoms with Crippen molar-refractivity contribution in [1.29, 1.82) is 5.26 Å². The van der Waals surface area contributed by atoms with Gasteiger partial charge in [-0.15, -0.1) is 11.8 Å². The van der Waals surface area contributed by atoms with Gasteiger partial charge in [-0.1, -0.05) is 30.3 Å². The van der Waals surface area contributed by atoms with Gasteiger partial charge in [-0.2, -0.15) is 5.26 Å². The number of benzene rings is 1. The molecule has 0 bridgehead atoms. The summed E-state index contributed by atoms with van der Waals surface area (Å²) in [6, 6.07) is 11.1. The molecule has 2 aliphatic heterocycles. The topological polar surface area (TPSA) is 99.5 Å². The number of amides is 2. The summed E-state index contributed by atoms with van der Waals surface area (Å²) in [6.45, 7) is 1.24. The van der Waals surface area contributed by atoms with E-state index in [0.717, 1.165) is 18.4 Å². The second-order valence-corrected chi connectivity index (χ2v) is 9.28. The zero-order valence-electron chi connectivity index (χ0n) is 16.2. The lowest BCUT2D eigenvalue weighted by Gasteiger charge is -2.33. The minimum atomic E-state index is -0.930. The quantitative estimate of drug-likeness (QED) is 0.716. The third-order valence-corrected chi connectivity index (χ3v) is 7.59. The minimum absolute atomic E-state index is 0.0731. The number of esters is 1. The normalized spacial score (nSPS) is 27.7. The second-order valence-electron chi connectivity index (χ2n) is 7.99. The summed E-state index contributed by atoms with van der Waals surface area (Å²) in [6.07, 6.45) is 2.84. The molecule has 1 aliphatic carbocycles. The Bertz CT molecular complexity index is 882. The summed E-state index contributed by atoms with van der Waals surface area (Å²) in [4.78, 5) is 38.6. The van der Waals surface area contributed by atoms with Crippen molar-refractivity contribution < 1.29 is 19.1 Å². The third kappa shape index (κ3) is 3.48. The van der Waals surface area contributed by atoms with Gasteiger partial charge in [-0.05, 0) is 37.7 Å². The molecule has 1 N–H and O–H groups in total. The summed E-state index contributed by atoms with van der Waals surface area (Å²) >= 11 is 1.57. The van der Waals surface area contributed by atoms with E-state index in [1.807, 2.05) is 30.3 Å². The van der Waals surface area contributed by atoms with E-state index in [4.69, 9.17) is 4.74 Å². The summed E-state index contributed by atoms with van der Waals surface area (Å²) in [5.41, 5.74) is 0.0678. The molecule has 0 aromatic heterocycles.